The zero-order chi connectivity index (χ0) is 11.7. The third-order valence-electron chi connectivity index (χ3n) is 2.84. The number of nitrogens with zero attached hydrogens (tertiary/aromatic N) is 1. The van der Waals surface area contributed by atoms with Crippen molar-refractivity contribution in [2.45, 2.75) is 6.92 Å². The highest BCUT2D eigenvalue weighted by molar-refractivity contribution is 5.89. The molecule has 16 heavy (non-hydrogen) atoms. The molecule has 0 saturated heterocycles. The maximum Gasteiger partial charge on any atom is 0.352 e. The van der Waals surface area contributed by atoms with Gasteiger partial charge in [0, 0.05) is 18.3 Å². The van der Waals surface area contributed by atoms with E-state index in [1.54, 1.807) is 17.7 Å². The molecule has 0 aliphatic carbocycles. The van der Waals surface area contributed by atoms with Crippen molar-refractivity contribution in [3.05, 3.63) is 47.8 Å². The molecular weight excluding hydrogens is 202 g/mol. The van der Waals surface area contributed by atoms with Crippen molar-refractivity contribution in [1.29, 1.82) is 0 Å². The van der Waals surface area contributed by atoms with E-state index in [0.29, 0.717) is 5.69 Å². The first kappa shape index (κ1) is 10.5. The van der Waals surface area contributed by atoms with E-state index in [4.69, 9.17) is 5.11 Å². The van der Waals surface area contributed by atoms with Crippen LogP contribution in [-0.4, -0.2) is 15.6 Å². The number of hydrogen-bond donors (Lipinski definition) is 1. The van der Waals surface area contributed by atoms with Gasteiger partial charge in [-0.15, -0.1) is 0 Å². The van der Waals surface area contributed by atoms with Crippen molar-refractivity contribution < 1.29 is 9.90 Å². The first-order valence-corrected chi connectivity index (χ1v) is 5.06. The number of rotatable bonds is 2. The predicted molar refractivity (Wildman–Crippen MR) is 62.5 cm³/mol. The molecule has 1 heterocycles. The van der Waals surface area contributed by atoms with Crippen molar-refractivity contribution in [3.8, 4) is 11.1 Å². The van der Waals surface area contributed by atoms with Crippen LogP contribution in [0.3, 0.4) is 0 Å². The van der Waals surface area contributed by atoms with Crippen LogP contribution >= 0.6 is 0 Å². The minimum Gasteiger partial charge on any atom is -0.477 e. The van der Waals surface area contributed by atoms with Crippen molar-refractivity contribution in [1.82, 2.24) is 4.57 Å². The second-order valence-electron chi connectivity index (χ2n) is 3.76. The summed E-state index contributed by atoms with van der Waals surface area (Å²) in [4.78, 5) is 11.0. The molecule has 0 saturated carbocycles. The van der Waals surface area contributed by atoms with E-state index in [0.717, 1.165) is 16.8 Å². The van der Waals surface area contributed by atoms with Gasteiger partial charge in [0.2, 0.25) is 0 Å². The molecule has 3 heteroatoms. The van der Waals surface area contributed by atoms with Gasteiger partial charge >= 0.3 is 5.97 Å². The van der Waals surface area contributed by atoms with Gasteiger partial charge in [0.1, 0.15) is 5.69 Å². The van der Waals surface area contributed by atoms with Gasteiger partial charge in [-0.1, -0.05) is 30.3 Å². The molecular formula is C13H13NO2. The molecule has 0 radical (unpaired) electrons. The standard InChI is InChI=1S/C13H13NO2/c1-9-11(10-6-4-3-5-7-10)8-12(13(15)16)14(9)2/h3-8H,1-2H3,(H,15,16). The maximum absolute atomic E-state index is 11.0. The van der Waals surface area contributed by atoms with Gasteiger partial charge in [0.25, 0.3) is 0 Å². The summed E-state index contributed by atoms with van der Waals surface area (Å²) in [5.74, 6) is -0.896. The third kappa shape index (κ3) is 1.60. The van der Waals surface area contributed by atoms with E-state index in [1.807, 2.05) is 37.3 Å². The van der Waals surface area contributed by atoms with Crippen molar-refractivity contribution in [2.24, 2.45) is 7.05 Å². The number of hydrogen-bond acceptors (Lipinski definition) is 1. The first-order valence-electron chi connectivity index (χ1n) is 5.06. The number of carboxylic acid groups (broad SMARTS) is 1. The Hall–Kier alpha value is -2.03. The largest absolute Gasteiger partial charge is 0.477 e. The average Bonchev–Trinajstić information content (AvgIpc) is 2.58. The Morgan fingerprint density at radius 2 is 1.88 bits per heavy atom. The molecule has 0 amide bonds. The molecule has 2 rings (SSSR count). The van der Waals surface area contributed by atoms with Gasteiger partial charge in [-0.05, 0) is 18.6 Å². The summed E-state index contributed by atoms with van der Waals surface area (Å²) in [6.45, 7) is 1.93. The summed E-state index contributed by atoms with van der Waals surface area (Å²) >= 11 is 0. The number of benzene rings is 1. The summed E-state index contributed by atoms with van der Waals surface area (Å²) < 4.78 is 1.70. The molecule has 0 fully saturated rings. The molecule has 3 nitrogen and oxygen atoms in total. The first-order chi connectivity index (χ1) is 7.61. The molecule has 0 bridgehead atoms. The lowest BCUT2D eigenvalue weighted by atomic mass is 10.1. The highest BCUT2D eigenvalue weighted by Gasteiger charge is 2.14. The van der Waals surface area contributed by atoms with Gasteiger partial charge in [-0.2, -0.15) is 0 Å². The van der Waals surface area contributed by atoms with Crippen LogP contribution in [0.25, 0.3) is 11.1 Å². The highest BCUT2D eigenvalue weighted by Crippen LogP contribution is 2.25. The van der Waals surface area contributed by atoms with Crippen LogP contribution in [0.2, 0.25) is 0 Å². The minimum absolute atomic E-state index is 0.316. The Balaban J connectivity index is 2.60. The van der Waals surface area contributed by atoms with Crippen LogP contribution in [0.5, 0.6) is 0 Å². The minimum atomic E-state index is -0.896. The molecule has 2 aromatic rings. The van der Waals surface area contributed by atoms with Gasteiger partial charge in [-0.25, -0.2) is 4.79 Å². The molecule has 0 atom stereocenters. The van der Waals surface area contributed by atoms with E-state index in [1.165, 1.54) is 0 Å². The monoisotopic (exact) mass is 215 g/mol. The number of aromatic nitrogens is 1. The van der Waals surface area contributed by atoms with Crippen molar-refractivity contribution in [2.75, 3.05) is 0 Å². The van der Waals surface area contributed by atoms with Gasteiger partial charge in [0.15, 0.2) is 0 Å². The molecule has 1 aromatic carbocycles. The summed E-state index contributed by atoms with van der Waals surface area (Å²) in [6, 6.07) is 11.5. The zero-order valence-electron chi connectivity index (χ0n) is 9.27. The maximum atomic E-state index is 11.0. The molecule has 82 valence electrons. The third-order valence-corrected chi connectivity index (χ3v) is 2.84. The molecule has 1 N–H and O–H groups in total. The summed E-state index contributed by atoms with van der Waals surface area (Å²) in [6.07, 6.45) is 0. The van der Waals surface area contributed by atoms with Gasteiger partial charge in [-0.3, -0.25) is 0 Å². The lowest BCUT2D eigenvalue weighted by molar-refractivity contribution is 0.0686. The van der Waals surface area contributed by atoms with Gasteiger partial charge in [0.05, 0.1) is 0 Å². The van der Waals surface area contributed by atoms with Crippen LogP contribution in [-0.2, 0) is 7.05 Å². The fraction of sp³-hybridized carbons (Fsp3) is 0.154. The van der Waals surface area contributed by atoms with Crippen LogP contribution < -0.4 is 0 Å². The normalized spacial score (nSPS) is 10.4. The van der Waals surface area contributed by atoms with E-state index in [2.05, 4.69) is 0 Å². The fourth-order valence-electron chi connectivity index (χ4n) is 1.81. The molecule has 1 aromatic heterocycles. The van der Waals surface area contributed by atoms with E-state index < -0.39 is 5.97 Å². The highest BCUT2D eigenvalue weighted by atomic mass is 16.4. The van der Waals surface area contributed by atoms with E-state index in [9.17, 15) is 4.79 Å². The quantitative estimate of drug-likeness (QED) is 0.836. The Kier molecular flexibility index (Phi) is 2.52. The van der Waals surface area contributed by atoms with Crippen molar-refractivity contribution in [3.63, 3.8) is 0 Å². The zero-order valence-corrected chi connectivity index (χ0v) is 9.27. The Morgan fingerprint density at radius 3 is 2.38 bits per heavy atom. The second-order valence-corrected chi connectivity index (χ2v) is 3.76. The second kappa shape index (κ2) is 3.85. The summed E-state index contributed by atoms with van der Waals surface area (Å²) in [7, 11) is 1.77. The van der Waals surface area contributed by atoms with Crippen LogP contribution in [0, 0.1) is 6.92 Å². The average molecular weight is 215 g/mol. The lowest BCUT2D eigenvalue weighted by Crippen LogP contribution is -2.04. The number of aromatic carboxylic acids is 1. The fourth-order valence-corrected chi connectivity index (χ4v) is 1.81. The van der Waals surface area contributed by atoms with Crippen LogP contribution in [0.4, 0.5) is 0 Å². The molecule has 0 unspecified atom stereocenters. The molecule has 0 aliphatic heterocycles. The number of carboxylic acids is 1. The summed E-state index contributed by atoms with van der Waals surface area (Å²) in [5.41, 5.74) is 3.29. The van der Waals surface area contributed by atoms with Gasteiger partial charge < -0.3 is 9.67 Å². The number of carbonyl (C=O) groups is 1. The Morgan fingerprint density at radius 1 is 1.25 bits per heavy atom. The predicted octanol–water partition coefficient (Wildman–Crippen LogP) is 2.70. The summed E-state index contributed by atoms with van der Waals surface area (Å²) in [5, 5.41) is 9.03. The van der Waals surface area contributed by atoms with Crippen molar-refractivity contribution >= 4 is 5.97 Å². The van der Waals surface area contributed by atoms with E-state index in [-0.39, 0.29) is 0 Å². The Bertz CT molecular complexity index is 526. The topological polar surface area (TPSA) is 42.2 Å². The SMILES string of the molecule is Cc1c(-c2ccccc2)cc(C(=O)O)n1C. The lowest BCUT2D eigenvalue weighted by Gasteiger charge is -2.02. The van der Waals surface area contributed by atoms with Crippen LogP contribution in [0.15, 0.2) is 36.4 Å². The Labute approximate surface area is 94.0 Å². The van der Waals surface area contributed by atoms with E-state index >= 15 is 0 Å². The van der Waals surface area contributed by atoms with Crippen LogP contribution in [0.1, 0.15) is 16.2 Å². The molecule has 0 spiro atoms. The molecule has 0 aliphatic rings. The smallest absolute Gasteiger partial charge is 0.352 e.